The van der Waals surface area contributed by atoms with Gasteiger partial charge >= 0.3 is 6.18 Å². The number of carbonyl (C=O) groups is 1. The molecule has 0 aliphatic heterocycles. The first-order valence-electron chi connectivity index (χ1n) is 6.69. The second-order valence-corrected chi connectivity index (χ2v) is 4.85. The number of hydrogen-bond donors (Lipinski definition) is 0. The van der Waals surface area contributed by atoms with Crippen LogP contribution in [0.25, 0.3) is 0 Å². The Labute approximate surface area is 117 Å². The van der Waals surface area contributed by atoms with Gasteiger partial charge in [-0.1, -0.05) is 42.0 Å². The second kappa shape index (κ2) is 7.88. The van der Waals surface area contributed by atoms with Crippen molar-refractivity contribution in [1.82, 2.24) is 0 Å². The number of carbonyl (C=O) groups excluding carboxylic acids is 1. The molecule has 0 saturated carbocycles. The summed E-state index contributed by atoms with van der Waals surface area (Å²) in [5, 5.41) is 0. The van der Waals surface area contributed by atoms with Crippen LogP contribution < -0.4 is 0 Å². The third kappa shape index (κ3) is 6.55. The minimum atomic E-state index is -4.69. The molecular weight excluding hydrogens is 265 g/mol. The second-order valence-electron chi connectivity index (χ2n) is 4.85. The third-order valence-corrected chi connectivity index (χ3v) is 3.06. The van der Waals surface area contributed by atoms with Gasteiger partial charge in [0.1, 0.15) is 0 Å². The lowest BCUT2D eigenvalue weighted by Crippen LogP contribution is -2.22. The van der Waals surface area contributed by atoms with Crippen molar-refractivity contribution in [2.45, 2.75) is 45.2 Å². The average Bonchev–Trinajstić information content (AvgIpc) is 2.38. The molecule has 0 N–H and O–H groups in total. The molecule has 1 aromatic rings. The lowest BCUT2D eigenvalue weighted by atomic mass is 10.0. The van der Waals surface area contributed by atoms with E-state index in [-0.39, 0.29) is 6.42 Å². The van der Waals surface area contributed by atoms with Crippen LogP contribution in [0.2, 0.25) is 0 Å². The smallest absolute Gasteiger partial charge is 0.290 e. The summed E-state index contributed by atoms with van der Waals surface area (Å²) in [7, 11) is 0. The van der Waals surface area contributed by atoms with Crippen LogP contribution >= 0.6 is 0 Å². The van der Waals surface area contributed by atoms with Gasteiger partial charge in [0.15, 0.2) is 0 Å². The minimum Gasteiger partial charge on any atom is -0.290 e. The molecule has 1 nitrogen and oxygen atoms in total. The Bertz CT molecular complexity index is 447. The fraction of sp³-hybridized carbons (Fsp3) is 0.438. The summed E-state index contributed by atoms with van der Waals surface area (Å²) in [6, 6.07) is 10.0. The van der Waals surface area contributed by atoms with Crippen LogP contribution in [-0.2, 0) is 11.2 Å². The lowest BCUT2D eigenvalue weighted by Gasteiger charge is -2.05. The Morgan fingerprint density at radius 2 is 1.80 bits per heavy atom. The lowest BCUT2D eigenvalue weighted by molar-refractivity contribution is -0.171. The van der Waals surface area contributed by atoms with Crippen molar-refractivity contribution in [2.75, 3.05) is 0 Å². The highest BCUT2D eigenvalue weighted by molar-refractivity contribution is 5.83. The van der Waals surface area contributed by atoms with E-state index in [1.165, 1.54) is 5.56 Å². The summed E-state index contributed by atoms with van der Waals surface area (Å²) in [6.45, 7) is 1.89. The van der Waals surface area contributed by atoms with Crippen molar-refractivity contribution in [3.05, 3.63) is 47.5 Å². The monoisotopic (exact) mass is 284 g/mol. The molecule has 0 heterocycles. The van der Waals surface area contributed by atoms with Crippen LogP contribution in [0, 0.1) is 0 Å². The Hall–Kier alpha value is -1.58. The number of hydrogen-bond acceptors (Lipinski definition) is 1. The summed E-state index contributed by atoms with van der Waals surface area (Å²) in [5.41, 5.74) is 2.28. The van der Waals surface area contributed by atoms with Crippen molar-refractivity contribution in [1.29, 1.82) is 0 Å². The fourth-order valence-corrected chi connectivity index (χ4v) is 1.90. The molecule has 1 aromatic carbocycles. The van der Waals surface area contributed by atoms with Crippen molar-refractivity contribution < 1.29 is 18.0 Å². The molecular formula is C16H19F3O. The first kappa shape index (κ1) is 16.5. The van der Waals surface area contributed by atoms with E-state index < -0.39 is 18.4 Å². The molecule has 0 amide bonds. The highest BCUT2D eigenvalue weighted by Crippen LogP contribution is 2.20. The number of aryl methyl sites for hydroxylation is 1. The topological polar surface area (TPSA) is 17.1 Å². The normalized spacial score (nSPS) is 12.5. The Morgan fingerprint density at radius 1 is 1.15 bits per heavy atom. The zero-order chi connectivity index (χ0) is 15.0. The number of rotatable bonds is 7. The molecule has 0 aromatic heterocycles. The summed E-state index contributed by atoms with van der Waals surface area (Å²) in [5.74, 6) is -1.63. The van der Waals surface area contributed by atoms with Gasteiger partial charge in [0.2, 0.25) is 5.78 Å². The Kier molecular flexibility index (Phi) is 6.49. The van der Waals surface area contributed by atoms with Crippen LogP contribution in [-0.4, -0.2) is 12.0 Å². The number of ketones is 1. The molecule has 20 heavy (non-hydrogen) atoms. The number of halogens is 3. The van der Waals surface area contributed by atoms with Crippen molar-refractivity contribution in [3.8, 4) is 0 Å². The predicted molar refractivity (Wildman–Crippen MR) is 73.4 cm³/mol. The van der Waals surface area contributed by atoms with Gasteiger partial charge in [-0.3, -0.25) is 4.79 Å². The van der Waals surface area contributed by atoms with E-state index >= 15 is 0 Å². The maximum Gasteiger partial charge on any atom is 0.449 e. The van der Waals surface area contributed by atoms with E-state index in [0.717, 1.165) is 18.4 Å². The maximum absolute atomic E-state index is 12.0. The van der Waals surface area contributed by atoms with Crippen LogP contribution in [0.4, 0.5) is 13.2 Å². The standard InChI is InChI=1S/C16H19F3O/c1-13(8-6-12-15(20)16(17,18)19)7-5-11-14-9-3-2-4-10-14/h2-4,7,9-10H,5-6,8,11-12H2,1H3/b13-7+. The molecule has 0 saturated heterocycles. The van der Waals surface area contributed by atoms with Crippen LogP contribution in [0.5, 0.6) is 0 Å². The number of allylic oxidation sites excluding steroid dienone is 2. The minimum absolute atomic E-state index is 0.256. The molecule has 0 fully saturated rings. The first-order valence-corrected chi connectivity index (χ1v) is 6.69. The van der Waals surface area contributed by atoms with Crippen LogP contribution in [0.3, 0.4) is 0 Å². The van der Waals surface area contributed by atoms with E-state index in [2.05, 4.69) is 0 Å². The van der Waals surface area contributed by atoms with Gasteiger partial charge in [-0.25, -0.2) is 0 Å². The third-order valence-electron chi connectivity index (χ3n) is 3.06. The van der Waals surface area contributed by atoms with E-state index in [1.54, 1.807) is 0 Å². The van der Waals surface area contributed by atoms with Crippen LogP contribution in [0.15, 0.2) is 42.0 Å². The van der Waals surface area contributed by atoms with Gasteiger partial charge in [0.25, 0.3) is 0 Å². The summed E-state index contributed by atoms with van der Waals surface area (Å²) in [6.07, 6.45) is -0.505. The first-order chi connectivity index (χ1) is 9.39. The largest absolute Gasteiger partial charge is 0.449 e. The Morgan fingerprint density at radius 3 is 2.40 bits per heavy atom. The molecule has 110 valence electrons. The summed E-state index contributed by atoms with van der Waals surface area (Å²) < 4.78 is 36.0. The maximum atomic E-state index is 12.0. The average molecular weight is 284 g/mol. The summed E-state index contributed by atoms with van der Waals surface area (Å²) >= 11 is 0. The number of Topliss-reactive ketones (excluding diaryl/α,β-unsaturated/α-hetero) is 1. The SMILES string of the molecule is C/C(=C\CCc1ccccc1)CCCC(=O)C(F)(F)F. The Balaban J connectivity index is 2.24. The zero-order valence-electron chi connectivity index (χ0n) is 11.5. The van der Waals surface area contributed by atoms with Gasteiger partial charge in [0, 0.05) is 6.42 Å². The molecule has 0 aliphatic carbocycles. The number of benzene rings is 1. The van der Waals surface area contributed by atoms with Gasteiger partial charge in [-0.2, -0.15) is 13.2 Å². The van der Waals surface area contributed by atoms with Crippen molar-refractivity contribution in [3.63, 3.8) is 0 Å². The van der Waals surface area contributed by atoms with E-state index in [9.17, 15) is 18.0 Å². The van der Waals surface area contributed by atoms with Gasteiger partial charge in [-0.15, -0.1) is 0 Å². The summed E-state index contributed by atoms with van der Waals surface area (Å²) in [4.78, 5) is 10.7. The number of alkyl halides is 3. The molecule has 0 bridgehead atoms. The molecule has 0 radical (unpaired) electrons. The van der Waals surface area contributed by atoms with E-state index in [1.807, 2.05) is 43.3 Å². The quantitative estimate of drug-likeness (QED) is 0.653. The zero-order valence-corrected chi connectivity index (χ0v) is 11.5. The van der Waals surface area contributed by atoms with Crippen LogP contribution in [0.1, 0.15) is 38.2 Å². The van der Waals surface area contributed by atoms with E-state index in [0.29, 0.717) is 6.42 Å². The highest BCUT2D eigenvalue weighted by atomic mass is 19.4. The van der Waals surface area contributed by atoms with E-state index in [4.69, 9.17) is 0 Å². The molecule has 0 atom stereocenters. The fourth-order valence-electron chi connectivity index (χ4n) is 1.90. The molecule has 4 heteroatoms. The van der Waals surface area contributed by atoms with Gasteiger partial charge < -0.3 is 0 Å². The molecule has 1 rings (SSSR count). The van der Waals surface area contributed by atoms with Crippen molar-refractivity contribution in [2.24, 2.45) is 0 Å². The van der Waals surface area contributed by atoms with Gasteiger partial charge in [0.05, 0.1) is 0 Å². The molecule has 0 aliphatic rings. The van der Waals surface area contributed by atoms with Gasteiger partial charge in [-0.05, 0) is 38.2 Å². The highest BCUT2D eigenvalue weighted by Gasteiger charge is 2.37. The predicted octanol–water partition coefficient (Wildman–Crippen LogP) is 4.87. The molecule has 0 unspecified atom stereocenters. The van der Waals surface area contributed by atoms with Crippen molar-refractivity contribution >= 4 is 5.78 Å². The molecule has 0 spiro atoms.